The molecule has 7 nitrogen and oxygen atoms in total. The molecule has 1 N–H and O–H groups in total. The number of halogens is 2. The van der Waals surface area contributed by atoms with Crippen molar-refractivity contribution in [1.29, 1.82) is 0 Å². The predicted octanol–water partition coefficient (Wildman–Crippen LogP) is 4.26. The van der Waals surface area contributed by atoms with E-state index in [1.165, 1.54) is 6.21 Å². The van der Waals surface area contributed by atoms with Crippen LogP contribution in [-0.4, -0.2) is 35.6 Å². The molecule has 0 unspecified atom stereocenters. The van der Waals surface area contributed by atoms with Crippen LogP contribution in [0.25, 0.3) is 0 Å². The summed E-state index contributed by atoms with van der Waals surface area (Å²) in [5, 5.41) is 8.30. The van der Waals surface area contributed by atoms with E-state index in [4.69, 9.17) is 16.3 Å². The average Bonchev–Trinajstić information content (AvgIpc) is 3.46. The Balaban J connectivity index is 1.32. The average molecular weight is 529 g/mol. The van der Waals surface area contributed by atoms with Gasteiger partial charge in [0.2, 0.25) is 0 Å². The van der Waals surface area contributed by atoms with E-state index >= 15 is 0 Å². The van der Waals surface area contributed by atoms with Gasteiger partial charge in [0.1, 0.15) is 5.75 Å². The second kappa shape index (κ2) is 8.76. The van der Waals surface area contributed by atoms with Crippen LogP contribution in [0.15, 0.2) is 64.2 Å². The molecule has 2 bridgehead atoms. The summed E-state index contributed by atoms with van der Waals surface area (Å²) in [4.78, 5) is 38.0. The Morgan fingerprint density at radius 1 is 1.15 bits per heavy atom. The number of carbonyl (C=O) groups is 3. The fourth-order valence-corrected chi connectivity index (χ4v) is 5.75. The van der Waals surface area contributed by atoms with E-state index in [1.54, 1.807) is 24.3 Å². The number of carbonyl (C=O) groups excluding carboxylic acids is 3. The summed E-state index contributed by atoms with van der Waals surface area (Å²) in [6.45, 7) is -0.253. The number of para-hydroxylation sites is 1. The summed E-state index contributed by atoms with van der Waals surface area (Å²) in [5.74, 6) is -0.994. The van der Waals surface area contributed by atoms with Crippen molar-refractivity contribution in [3.8, 4) is 5.75 Å². The second-order valence-corrected chi connectivity index (χ2v) is 9.53. The number of allylic oxidation sites excluding steroid dienone is 2. The van der Waals surface area contributed by atoms with E-state index in [2.05, 4.69) is 26.3 Å². The zero-order valence-corrected chi connectivity index (χ0v) is 19.6. The molecule has 2 aromatic carbocycles. The Bertz CT molecular complexity index is 1170. The van der Waals surface area contributed by atoms with Gasteiger partial charge in [-0.05, 0) is 58.5 Å². The van der Waals surface area contributed by atoms with Crippen LogP contribution in [0.5, 0.6) is 5.75 Å². The van der Waals surface area contributed by atoms with Gasteiger partial charge in [0.05, 0.1) is 22.5 Å². The summed E-state index contributed by atoms with van der Waals surface area (Å²) in [6.07, 6.45) is 6.29. The molecule has 2 aliphatic carbocycles. The first kappa shape index (κ1) is 21.9. The number of imide groups is 1. The van der Waals surface area contributed by atoms with E-state index in [-0.39, 0.29) is 48.0 Å². The number of hydrogen-bond acceptors (Lipinski definition) is 5. The molecule has 1 saturated heterocycles. The minimum atomic E-state index is -0.341. The number of amides is 3. The van der Waals surface area contributed by atoms with Crippen LogP contribution < -0.4 is 10.1 Å². The van der Waals surface area contributed by atoms with Crippen LogP contribution in [0.3, 0.4) is 0 Å². The van der Waals surface area contributed by atoms with Crippen LogP contribution >= 0.6 is 27.5 Å². The molecule has 1 saturated carbocycles. The standard InChI is InChI=1S/C24H19BrClN3O4/c25-18-10-16(26)9-15(22(18)33-12-19(30)28-17-4-2-1-3-5-17)11-27-29-23(31)20-13-6-7-14(8-13)21(20)24(29)32/h1-7,9-11,13-14,20-21H,8,12H2,(H,28,30)/t13-,14-,20-,21+/m0/s1. The molecule has 2 aromatic rings. The highest BCUT2D eigenvalue weighted by Gasteiger charge is 2.59. The van der Waals surface area contributed by atoms with Crippen molar-refractivity contribution in [1.82, 2.24) is 5.01 Å². The van der Waals surface area contributed by atoms with E-state index in [0.29, 0.717) is 26.5 Å². The van der Waals surface area contributed by atoms with Crippen LogP contribution in [0, 0.1) is 23.7 Å². The van der Waals surface area contributed by atoms with E-state index in [0.717, 1.165) is 11.4 Å². The van der Waals surface area contributed by atoms with Gasteiger partial charge in [0.15, 0.2) is 6.61 Å². The molecule has 0 aromatic heterocycles. The number of nitrogens with one attached hydrogen (secondary N) is 1. The Kier molecular flexibility index (Phi) is 5.80. The maximum absolute atomic E-state index is 12.9. The fraction of sp³-hybridized carbons (Fsp3) is 0.250. The van der Waals surface area contributed by atoms with Crippen molar-refractivity contribution in [2.24, 2.45) is 28.8 Å². The molecular formula is C24H19BrClN3O4. The number of hydrogen-bond donors (Lipinski definition) is 1. The zero-order chi connectivity index (χ0) is 23.1. The number of ether oxygens (including phenoxy) is 1. The number of benzene rings is 2. The van der Waals surface area contributed by atoms with Gasteiger partial charge in [-0.3, -0.25) is 14.4 Å². The number of anilines is 1. The summed E-state index contributed by atoms with van der Waals surface area (Å²) < 4.78 is 6.25. The normalized spacial score (nSPS) is 25.2. The maximum Gasteiger partial charge on any atom is 0.262 e. The number of fused-ring (bicyclic) bond motifs is 5. The summed E-state index contributed by atoms with van der Waals surface area (Å²) in [7, 11) is 0. The second-order valence-electron chi connectivity index (χ2n) is 8.24. The van der Waals surface area contributed by atoms with Crippen LogP contribution in [0.1, 0.15) is 12.0 Å². The lowest BCUT2D eigenvalue weighted by Gasteiger charge is -2.14. The molecule has 0 spiro atoms. The van der Waals surface area contributed by atoms with Crippen LogP contribution in [0.2, 0.25) is 5.02 Å². The minimum absolute atomic E-state index is 0.110. The van der Waals surface area contributed by atoms with Gasteiger partial charge in [0.25, 0.3) is 17.7 Å². The van der Waals surface area contributed by atoms with E-state index < -0.39 is 0 Å². The lowest BCUT2D eigenvalue weighted by molar-refractivity contribution is -0.140. The highest BCUT2D eigenvalue weighted by atomic mass is 79.9. The third-order valence-corrected chi connectivity index (χ3v) is 7.01. The maximum atomic E-state index is 12.9. The van der Waals surface area contributed by atoms with Gasteiger partial charge in [-0.2, -0.15) is 10.1 Å². The molecular weight excluding hydrogens is 510 g/mol. The van der Waals surface area contributed by atoms with Crippen molar-refractivity contribution in [3.63, 3.8) is 0 Å². The van der Waals surface area contributed by atoms with Crippen molar-refractivity contribution >= 4 is 57.2 Å². The molecule has 3 amide bonds. The number of nitrogens with zero attached hydrogens (tertiary/aromatic N) is 2. The van der Waals surface area contributed by atoms with Gasteiger partial charge in [-0.25, -0.2) is 0 Å². The van der Waals surface area contributed by atoms with Crippen molar-refractivity contribution in [2.45, 2.75) is 6.42 Å². The highest BCUT2D eigenvalue weighted by molar-refractivity contribution is 9.10. The minimum Gasteiger partial charge on any atom is -0.482 e. The van der Waals surface area contributed by atoms with Gasteiger partial charge < -0.3 is 10.1 Å². The first-order chi connectivity index (χ1) is 15.9. The number of rotatable bonds is 6. The van der Waals surface area contributed by atoms with E-state index in [1.807, 2.05) is 30.4 Å². The van der Waals surface area contributed by atoms with Crippen molar-refractivity contribution in [3.05, 3.63) is 69.7 Å². The molecule has 4 atom stereocenters. The van der Waals surface area contributed by atoms with Crippen LogP contribution in [-0.2, 0) is 14.4 Å². The predicted molar refractivity (Wildman–Crippen MR) is 127 cm³/mol. The quantitative estimate of drug-likeness (QED) is 0.345. The lowest BCUT2D eigenvalue weighted by Crippen LogP contribution is -2.28. The van der Waals surface area contributed by atoms with Crippen LogP contribution in [0.4, 0.5) is 5.69 Å². The molecule has 1 heterocycles. The van der Waals surface area contributed by atoms with Gasteiger partial charge in [0, 0.05) is 16.3 Å². The van der Waals surface area contributed by atoms with Crippen molar-refractivity contribution < 1.29 is 19.1 Å². The molecule has 168 valence electrons. The fourth-order valence-electron chi connectivity index (χ4n) is 4.81. The Hall–Kier alpha value is -2.97. The molecule has 33 heavy (non-hydrogen) atoms. The highest BCUT2D eigenvalue weighted by Crippen LogP contribution is 2.52. The molecule has 0 radical (unpaired) electrons. The summed E-state index contributed by atoms with van der Waals surface area (Å²) in [5.41, 5.74) is 1.09. The number of hydrazone groups is 1. The van der Waals surface area contributed by atoms with Crippen molar-refractivity contribution in [2.75, 3.05) is 11.9 Å². The molecule has 9 heteroatoms. The van der Waals surface area contributed by atoms with Gasteiger partial charge in [-0.15, -0.1) is 0 Å². The SMILES string of the molecule is O=C(COc1c(Br)cc(Cl)cc1C=NN1C(=O)[C@@H]2[C@H](C1=O)[C@H]1C=C[C@H]2C1)Nc1ccccc1. The first-order valence-corrected chi connectivity index (χ1v) is 11.7. The Morgan fingerprint density at radius 3 is 2.48 bits per heavy atom. The lowest BCUT2D eigenvalue weighted by atomic mass is 9.85. The topological polar surface area (TPSA) is 88.1 Å². The smallest absolute Gasteiger partial charge is 0.262 e. The van der Waals surface area contributed by atoms with E-state index in [9.17, 15) is 14.4 Å². The molecule has 1 aliphatic heterocycles. The summed E-state index contributed by atoms with van der Waals surface area (Å²) >= 11 is 9.58. The Labute approximate surface area is 203 Å². The summed E-state index contributed by atoms with van der Waals surface area (Å²) in [6, 6.07) is 12.3. The molecule has 5 rings (SSSR count). The van der Waals surface area contributed by atoms with Gasteiger partial charge >= 0.3 is 0 Å². The third kappa shape index (κ3) is 4.09. The monoisotopic (exact) mass is 527 g/mol. The molecule has 2 fully saturated rings. The Morgan fingerprint density at radius 2 is 1.82 bits per heavy atom. The zero-order valence-electron chi connectivity index (χ0n) is 17.3. The molecule has 3 aliphatic rings. The van der Waals surface area contributed by atoms with Gasteiger partial charge in [-0.1, -0.05) is 42.0 Å². The third-order valence-electron chi connectivity index (χ3n) is 6.20. The largest absolute Gasteiger partial charge is 0.482 e. The first-order valence-electron chi connectivity index (χ1n) is 10.5.